The average Bonchev–Trinajstić information content (AvgIpc) is 2.80. The number of rotatable bonds is 7. The number of benzene rings is 2. The van der Waals surface area contributed by atoms with Crippen LogP contribution in [0.3, 0.4) is 0 Å². The van der Waals surface area contributed by atoms with Crippen molar-refractivity contribution in [1.82, 2.24) is 20.2 Å². The molecule has 1 heterocycles. The normalized spacial score (nSPS) is 10.6. The van der Waals surface area contributed by atoms with E-state index in [0.717, 1.165) is 5.56 Å². The fraction of sp³-hybridized carbons (Fsp3) is 0.217. The lowest BCUT2D eigenvalue weighted by molar-refractivity contribution is -0.251. The van der Waals surface area contributed by atoms with Crippen molar-refractivity contribution in [2.75, 3.05) is 7.05 Å². The first-order valence-electron chi connectivity index (χ1n) is 10.1. The Morgan fingerprint density at radius 1 is 1.18 bits per heavy atom. The minimum atomic E-state index is -1.49. The Bertz CT molecular complexity index is 1330. The average molecular weight is 532 g/mol. The summed E-state index contributed by atoms with van der Waals surface area (Å²) in [5.41, 5.74) is 2.05. The van der Waals surface area contributed by atoms with E-state index in [1.807, 2.05) is 6.92 Å². The predicted octanol–water partition coefficient (Wildman–Crippen LogP) is 2.12. The summed E-state index contributed by atoms with van der Waals surface area (Å²) in [7, 11) is 1.52. The van der Waals surface area contributed by atoms with E-state index in [4.69, 9.17) is 4.74 Å². The van der Waals surface area contributed by atoms with Crippen molar-refractivity contribution in [3.8, 4) is 11.6 Å². The summed E-state index contributed by atoms with van der Waals surface area (Å²) >= 11 is 3.24. The number of hydrogen-bond acceptors (Lipinski definition) is 6. The van der Waals surface area contributed by atoms with Gasteiger partial charge in [0.25, 0.3) is 11.5 Å². The van der Waals surface area contributed by atoms with Crippen LogP contribution in [0.1, 0.15) is 32.9 Å². The van der Waals surface area contributed by atoms with Crippen LogP contribution >= 0.6 is 15.9 Å². The highest BCUT2D eigenvalue weighted by Gasteiger charge is 2.18. The van der Waals surface area contributed by atoms with Crippen LogP contribution in [-0.4, -0.2) is 28.6 Å². The molecule has 0 saturated heterocycles. The Labute approximate surface area is 202 Å². The topological polar surface area (TPSA) is 125 Å². The third-order valence-electron chi connectivity index (χ3n) is 5.06. The molecule has 1 aromatic heterocycles. The van der Waals surface area contributed by atoms with Crippen molar-refractivity contribution in [3.05, 3.63) is 85.1 Å². The number of carbonyl (C=O) groups is 2. The van der Waals surface area contributed by atoms with Gasteiger partial charge in [-0.2, -0.15) is 4.98 Å². The molecule has 0 atom stereocenters. The number of aromatic nitrogens is 2. The van der Waals surface area contributed by atoms with Crippen LogP contribution in [0.25, 0.3) is 5.69 Å². The maximum atomic E-state index is 13.6. The van der Waals surface area contributed by atoms with Gasteiger partial charge in [-0.15, -0.1) is 0 Å². The molecule has 0 fully saturated rings. The predicted molar refractivity (Wildman–Crippen MR) is 123 cm³/mol. The second-order valence-electron chi connectivity index (χ2n) is 7.34. The van der Waals surface area contributed by atoms with Crippen molar-refractivity contribution in [2.45, 2.75) is 27.0 Å². The fourth-order valence-corrected chi connectivity index (χ4v) is 3.69. The number of carboxylic acid groups (broad SMARTS) is 1. The summed E-state index contributed by atoms with van der Waals surface area (Å²) in [5, 5.41) is 15.3. The van der Waals surface area contributed by atoms with Crippen LogP contribution in [0.2, 0.25) is 0 Å². The summed E-state index contributed by atoms with van der Waals surface area (Å²) in [5.74, 6) is -0.492. The van der Waals surface area contributed by atoms with Gasteiger partial charge in [-0.05, 0) is 70.7 Å². The maximum absolute atomic E-state index is 13.6. The van der Waals surface area contributed by atoms with Gasteiger partial charge < -0.3 is 25.3 Å². The number of hydrogen-bond donors (Lipinski definition) is 2. The van der Waals surface area contributed by atoms with E-state index in [2.05, 4.69) is 31.5 Å². The Hall–Kier alpha value is -3.73. The molecule has 11 heteroatoms. The lowest BCUT2D eigenvalue weighted by Gasteiger charge is -2.17. The van der Waals surface area contributed by atoms with Crippen LogP contribution < -0.4 is 26.0 Å². The molecule has 0 aliphatic rings. The third kappa shape index (κ3) is 5.42. The van der Waals surface area contributed by atoms with Gasteiger partial charge in [0.2, 0.25) is 5.88 Å². The highest BCUT2D eigenvalue weighted by atomic mass is 79.9. The van der Waals surface area contributed by atoms with Gasteiger partial charge in [-0.1, -0.05) is 12.1 Å². The molecule has 2 aromatic carbocycles. The Kier molecular flexibility index (Phi) is 7.67. The zero-order valence-corrected chi connectivity index (χ0v) is 20.2. The minimum Gasteiger partial charge on any atom is -0.530 e. The van der Waals surface area contributed by atoms with Crippen LogP contribution in [0.15, 0.2) is 45.7 Å². The second-order valence-corrected chi connectivity index (χ2v) is 8.13. The number of nitrogens with one attached hydrogen (secondary N) is 2. The first-order chi connectivity index (χ1) is 16.1. The van der Waals surface area contributed by atoms with Gasteiger partial charge in [-0.3, -0.25) is 14.2 Å². The van der Waals surface area contributed by atoms with Crippen molar-refractivity contribution in [2.24, 2.45) is 0 Å². The van der Waals surface area contributed by atoms with Gasteiger partial charge in [-0.25, -0.2) is 4.39 Å². The Balaban J connectivity index is 1.94. The van der Waals surface area contributed by atoms with Crippen molar-refractivity contribution < 1.29 is 23.8 Å². The number of aryl methyl sites for hydroxylation is 2. The smallest absolute Gasteiger partial charge is 0.276 e. The number of ether oxygens (including phenoxy) is 1. The van der Waals surface area contributed by atoms with Gasteiger partial charge in [0.1, 0.15) is 28.8 Å². The monoisotopic (exact) mass is 531 g/mol. The minimum absolute atomic E-state index is 0.0157. The lowest BCUT2D eigenvalue weighted by atomic mass is 10.1. The fourth-order valence-electron chi connectivity index (χ4n) is 3.31. The molecule has 0 saturated carbocycles. The molecule has 0 radical (unpaired) electrons. The summed E-state index contributed by atoms with van der Waals surface area (Å²) < 4.78 is 20.8. The van der Waals surface area contributed by atoms with Crippen molar-refractivity contribution in [3.63, 3.8) is 0 Å². The van der Waals surface area contributed by atoms with Crippen molar-refractivity contribution in [1.29, 1.82) is 0 Å². The number of amides is 2. The molecule has 0 unspecified atom stereocenters. The first kappa shape index (κ1) is 24.9. The van der Waals surface area contributed by atoms with Crippen LogP contribution in [0, 0.1) is 19.7 Å². The van der Waals surface area contributed by atoms with Crippen molar-refractivity contribution >= 4 is 27.9 Å². The van der Waals surface area contributed by atoms with Gasteiger partial charge >= 0.3 is 0 Å². The maximum Gasteiger partial charge on any atom is 0.276 e. The molecule has 34 heavy (non-hydrogen) atoms. The number of nitrogens with zero attached hydrogens (tertiary/aromatic N) is 2. The summed E-state index contributed by atoms with van der Waals surface area (Å²) in [6.45, 7) is 3.17. The summed E-state index contributed by atoms with van der Waals surface area (Å²) in [6.07, 6.45) is -1.49. The highest BCUT2D eigenvalue weighted by molar-refractivity contribution is 9.10. The molecule has 178 valence electrons. The number of carbonyl (C=O) groups excluding carboxylic acids is 2. The molecule has 3 rings (SSSR count). The van der Waals surface area contributed by atoms with Crippen LogP contribution in [0.5, 0.6) is 5.88 Å². The first-order valence-corrected chi connectivity index (χ1v) is 10.9. The zero-order valence-electron chi connectivity index (χ0n) is 18.6. The zero-order chi connectivity index (χ0) is 25.0. The molecule has 3 aromatic rings. The number of halogens is 2. The van der Waals surface area contributed by atoms with E-state index in [1.54, 1.807) is 25.1 Å². The summed E-state index contributed by atoms with van der Waals surface area (Å²) in [4.78, 5) is 40.3. The van der Waals surface area contributed by atoms with E-state index in [-0.39, 0.29) is 29.4 Å². The molecular formula is C23H21BrFN4O5-. The quantitative estimate of drug-likeness (QED) is 0.481. The summed E-state index contributed by atoms with van der Waals surface area (Å²) in [6, 6.07) is 8.86. The molecule has 0 aliphatic heterocycles. The largest absolute Gasteiger partial charge is 0.530 e. The second kappa shape index (κ2) is 10.5. The Morgan fingerprint density at radius 3 is 2.59 bits per heavy atom. The molecule has 0 spiro atoms. The molecule has 2 amide bonds. The molecular weight excluding hydrogens is 511 g/mol. The lowest BCUT2D eigenvalue weighted by Crippen LogP contribution is -2.36. The molecule has 9 nitrogen and oxygen atoms in total. The standard InChI is InChI=1S/C23H22BrFN4O5/c1-12-4-5-14(20(30)26-3)9-18(12)29-13(2)28-21(19(24)22(29)31)34-11-15-6-7-17(25)8-16(15)10-27-23(32)33/h4-9,27H,10-11H2,1-3H3,(H,26,30)(H,32,33)/p-1. The van der Waals surface area contributed by atoms with Gasteiger partial charge in [0.15, 0.2) is 0 Å². The van der Waals surface area contributed by atoms with E-state index >= 15 is 0 Å². The van der Waals surface area contributed by atoms with Gasteiger partial charge in [0, 0.05) is 19.2 Å². The molecule has 0 aliphatic carbocycles. The molecule has 2 N–H and O–H groups in total. The van der Waals surface area contributed by atoms with E-state index < -0.39 is 17.5 Å². The van der Waals surface area contributed by atoms with Crippen LogP contribution in [0.4, 0.5) is 9.18 Å². The molecule has 0 bridgehead atoms. The van der Waals surface area contributed by atoms with Gasteiger partial charge in [0.05, 0.1) is 5.69 Å². The Morgan fingerprint density at radius 2 is 1.91 bits per heavy atom. The van der Waals surface area contributed by atoms with E-state index in [9.17, 15) is 23.9 Å². The van der Waals surface area contributed by atoms with Crippen LogP contribution in [-0.2, 0) is 13.2 Å². The van der Waals surface area contributed by atoms with E-state index in [1.165, 1.54) is 29.8 Å². The highest BCUT2D eigenvalue weighted by Crippen LogP contribution is 2.24. The van der Waals surface area contributed by atoms with E-state index in [0.29, 0.717) is 28.2 Å². The third-order valence-corrected chi connectivity index (χ3v) is 5.74. The SMILES string of the molecule is CNC(=O)c1ccc(C)c(-n2c(C)nc(OCc3ccc(F)cc3CNC(=O)[O-])c(Br)c2=O)c1.